The Kier molecular flexibility index (Phi) is 4.81. The smallest absolute Gasteiger partial charge is 0.324 e. The number of piperidine rings is 1. The van der Waals surface area contributed by atoms with E-state index in [9.17, 15) is 4.79 Å². The topological polar surface area (TPSA) is 40.5 Å². The number of urea groups is 1. The fourth-order valence-electron chi connectivity index (χ4n) is 5.78. The van der Waals surface area contributed by atoms with Gasteiger partial charge >= 0.3 is 6.03 Å². The van der Waals surface area contributed by atoms with Crippen molar-refractivity contribution < 1.29 is 4.79 Å². The molecule has 1 N–H and O–H groups in total. The van der Waals surface area contributed by atoms with Gasteiger partial charge in [0.2, 0.25) is 0 Å². The summed E-state index contributed by atoms with van der Waals surface area (Å²) in [5.41, 5.74) is 8.50. The lowest BCUT2D eigenvalue weighted by Crippen LogP contribution is -2.47. The number of nitrogens with one attached hydrogen (secondary N) is 1. The molecule has 5 heteroatoms. The van der Waals surface area contributed by atoms with Gasteiger partial charge in [-0.05, 0) is 82.5 Å². The van der Waals surface area contributed by atoms with Gasteiger partial charge in [-0.25, -0.2) is 10.2 Å². The lowest BCUT2D eigenvalue weighted by Gasteiger charge is -2.44. The van der Waals surface area contributed by atoms with Crippen molar-refractivity contribution in [3.8, 4) is 0 Å². The Morgan fingerprint density at radius 1 is 1.21 bits per heavy atom. The van der Waals surface area contributed by atoms with Crippen LogP contribution in [0.15, 0.2) is 18.2 Å². The fraction of sp³-hybridized carbons (Fsp3) is 0.625. The Bertz CT molecular complexity index is 925. The predicted molar refractivity (Wildman–Crippen MR) is 118 cm³/mol. The summed E-state index contributed by atoms with van der Waals surface area (Å²) in [5, 5.41) is 1.40. The number of likely N-dealkylation sites (tertiary alicyclic amines) is 1. The van der Waals surface area contributed by atoms with Gasteiger partial charge in [-0.3, -0.25) is 9.58 Å². The average molecular weight is 395 g/mol. The Balaban J connectivity index is 1.54. The van der Waals surface area contributed by atoms with Crippen LogP contribution in [0.4, 0.5) is 4.79 Å². The van der Waals surface area contributed by atoms with Crippen molar-refractivity contribution in [2.75, 3.05) is 31.6 Å². The molecule has 1 aliphatic heterocycles. The first-order valence-corrected chi connectivity index (χ1v) is 11.5. The van der Waals surface area contributed by atoms with Gasteiger partial charge in [-0.15, -0.1) is 0 Å². The highest BCUT2D eigenvalue weighted by molar-refractivity contribution is 5.93. The second kappa shape index (κ2) is 7.35. The number of amides is 2. The third kappa shape index (κ3) is 3.14. The Morgan fingerprint density at radius 3 is 2.72 bits per heavy atom. The van der Waals surface area contributed by atoms with E-state index in [1.165, 1.54) is 61.0 Å². The molecule has 5 rings (SSSR count). The molecule has 2 fully saturated rings. The normalized spacial score (nSPS) is 23.8. The number of hydrogen-bond acceptors (Lipinski definition) is 2. The standard InChI is InChI=1S/C24H34N4O/c1-4-26(5-2)24(29)25-28-16(3)20-14-22-18(19-8-6-10-21(28)23(19)20)9-7-13-27(22)15-17-11-12-17/h6,8,10,17-18,22H,4-5,7,9,11-15H2,1-3H3,(H,25,29)/t18-,22-/m1/s1. The zero-order chi connectivity index (χ0) is 20.1. The van der Waals surface area contributed by atoms with Gasteiger partial charge in [0, 0.05) is 42.7 Å². The number of hydrogen-bond donors (Lipinski definition) is 1. The zero-order valence-electron chi connectivity index (χ0n) is 18.1. The minimum absolute atomic E-state index is 0.0148. The summed E-state index contributed by atoms with van der Waals surface area (Å²) in [6.45, 7) is 10.2. The van der Waals surface area contributed by atoms with Crippen LogP contribution < -0.4 is 5.43 Å². The molecular formula is C24H34N4O. The van der Waals surface area contributed by atoms with E-state index in [-0.39, 0.29) is 6.03 Å². The van der Waals surface area contributed by atoms with Crippen LogP contribution in [0, 0.1) is 12.8 Å². The van der Waals surface area contributed by atoms with E-state index in [2.05, 4.69) is 40.1 Å². The number of carbonyl (C=O) groups is 1. The average Bonchev–Trinajstić information content (AvgIpc) is 3.51. The molecule has 3 aliphatic rings. The largest absolute Gasteiger partial charge is 0.336 e. The Labute approximate surface area is 174 Å². The molecule has 2 aliphatic carbocycles. The number of benzene rings is 1. The molecule has 2 aromatic rings. The molecule has 5 nitrogen and oxygen atoms in total. The molecule has 1 saturated carbocycles. The van der Waals surface area contributed by atoms with Crippen molar-refractivity contribution in [2.45, 2.75) is 64.8 Å². The first kappa shape index (κ1) is 19.0. The Hall–Kier alpha value is -2.01. The van der Waals surface area contributed by atoms with Crippen molar-refractivity contribution in [2.24, 2.45) is 5.92 Å². The molecule has 2 atom stereocenters. The van der Waals surface area contributed by atoms with E-state index in [0.29, 0.717) is 12.0 Å². The summed E-state index contributed by atoms with van der Waals surface area (Å²) in [6, 6.07) is 7.31. The first-order chi connectivity index (χ1) is 14.1. The van der Waals surface area contributed by atoms with Gasteiger partial charge in [0.15, 0.2) is 0 Å². The van der Waals surface area contributed by atoms with Crippen LogP contribution in [0.25, 0.3) is 10.9 Å². The van der Waals surface area contributed by atoms with Gasteiger partial charge in [0.25, 0.3) is 0 Å². The molecule has 29 heavy (non-hydrogen) atoms. The van der Waals surface area contributed by atoms with E-state index < -0.39 is 0 Å². The highest BCUT2D eigenvalue weighted by atomic mass is 16.2. The minimum Gasteiger partial charge on any atom is -0.324 e. The van der Waals surface area contributed by atoms with Crippen LogP contribution in [0.1, 0.15) is 62.3 Å². The second-order valence-corrected chi connectivity index (χ2v) is 9.19. The van der Waals surface area contributed by atoms with Crippen LogP contribution >= 0.6 is 0 Å². The van der Waals surface area contributed by atoms with E-state index in [1.807, 2.05) is 18.7 Å². The van der Waals surface area contributed by atoms with Crippen LogP contribution in [0.5, 0.6) is 0 Å². The third-order valence-corrected chi connectivity index (χ3v) is 7.54. The first-order valence-electron chi connectivity index (χ1n) is 11.5. The number of carbonyl (C=O) groups excluding carboxylic acids is 1. The second-order valence-electron chi connectivity index (χ2n) is 9.19. The summed E-state index contributed by atoms with van der Waals surface area (Å²) in [4.78, 5) is 17.4. The molecule has 1 saturated heterocycles. The summed E-state index contributed by atoms with van der Waals surface area (Å²) < 4.78 is 2.05. The van der Waals surface area contributed by atoms with Gasteiger partial charge in [-0.1, -0.05) is 12.1 Å². The molecule has 2 amide bonds. The van der Waals surface area contributed by atoms with Gasteiger partial charge in [0.05, 0.1) is 5.52 Å². The summed E-state index contributed by atoms with van der Waals surface area (Å²) in [5.74, 6) is 1.57. The summed E-state index contributed by atoms with van der Waals surface area (Å²) in [6.07, 6.45) is 6.55. The number of fused-ring (bicyclic) bond motifs is 2. The SMILES string of the molecule is CCN(CC)C(=O)Nn1c(C)c2c3c(cccc31)[C@H]1CCCN(CC3CC3)[C@@H]1C2. The number of aromatic nitrogens is 1. The van der Waals surface area contributed by atoms with E-state index >= 15 is 0 Å². The van der Waals surface area contributed by atoms with E-state index in [1.54, 1.807) is 0 Å². The molecular weight excluding hydrogens is 360 g/mol. The maximum atomic E-state index is 12.8. The van der Waals surface area contributed by atoms with Crippen LogP contribution in [-0.2, 0) is 6.42 Å². The summed E-state index contributed by atoms with van der Waals surface area (Å²) >= 11 is 0. The lowest BCUT2D eigenvalue weighted by molar-refractivity contribution is 0.118. The van der Waals surface area contributed by atoms with E-state index in [0.717, 1.165) is 30.9 Å². The number of rotatable bonds is 5. The predicted octanol–water partition coefficient (Wildman–Crippen LogP) is 4.47. The van der Waals surface area contributed by atoms with Crippen molar-refractivity contribution >= 4 is 16.9 Å². The van der Waals surface area contributed by atoms with Gasteiger partial charge < -0.3 is 4.90 Å². The molecule has 2 heterocycles. The van der Waals surface area contributed by atoms with Gasteiger partial charge in [0.1, 0.15) is 0 Å². The quantitative estimate of drug-likeness (QED) is 0.813. The van der Waals surface area contributed by atoms with Crippen molar-refractivity contribution in [3.63, 3.8) is 0 Å². The molecule has 0 bridgehead atoms. The highest BCUT2D eigenvalue weighted by Gasteiger charge is 2.40. The van der Waals surface area contributed by atoms with Crippen LogP contribution in [0.3, 0.4) is 0 Å². The van der Waals surface area contributed by atoms with Crippen molar-refractivity contribution in [1.82, 2.24) is 14.5 Å². The monoisotopic (exact) mass is 394 g/mol. The van der Waals surface area contributed by atoms with Crippen LogP contribution in [-0.4, -0.2) is 52.7 Å². The highest BCUT2D eigenvalue weighted by Crippen LogP contribution is 2.46. The minimum atomic E-state index is -0.0148. The zero-order valence-corrected chi connectivity index (χ0v) is 18.1. The molecule has 1 aromatic carbocycles. The lowest BCUT2D eigenvalue weighted by atomic mass is 9.74. The third-order valence-electron chi connectivity index (χ3n) is 7.54. The van der Waals surface area contributed by atoms with Crippen molar-refractivity contribution in [1.29, 1.82) is 0 Å². The maximum absolute atomic E-state index is 12.8. The molecule has 1 aromatic heterocycles. The van der Waals surface area contributed by atoms with E-state index in [4.69, 9.17) is 0 Å². The number of nitrogens with zero attached hydrogens (tertiary/aromatic N) is 3. The maximum Gasteiger partial charge on any atom is 0.336 e. The molecule has 0 unspecified atom stereocenters. The molecule has 156 valence electrons. The summed E-state index contributed by atoms with van der Waals surface area (Å²) in [7, 11) is 0. The molecule has 0 spiro atoms. The fourth-order valence-corrected chi connectivity index (χ4v) is 5.78. The Morgan fingerprint density at radius 2 is 2.00 bits per heavy atom. The van der Waals surface area contributed by atoms with Gasteiger partial charge in [-0.2, -0.15) is 0 Å². The van der Waals surface area contributed by atoms with Crippen molar-refractivity contribution in [3.05, 3.63) is 35.0 Å². The molecule has 0 radical (unpaired) electrons. The van der Waals surface area contributed by atoms with Crippen LogP contribution in [0.2, 0.25) is 0 Å².